The highest BCUT2D eigenvalue weighted by atomic mass is 19.3. The Labute approximate surface area is 162 Å². The average molecular weight is 411 g/mol. The number of hydrogen-bond acceptors (Lipinski definition) is 5. The number of fused-ring (bicyclic) bond motifs is 1. The average Bonchev–Trinajstić information content (AvgIpc) is 2.65. The second-order valence-electron chi connectivity index (χ2n) is 6.59. The second kappa shape index (κ2) is 8.02. The van der Waals surface area contributed by atoms with Crippen molar-refractivity contribution >= 4 is 22.8 Å². The van der Waals surface area contributed by atoms with Gasteiger partial charge in [-0.2, -0.15) is 0 Å². The molecule has 3 N–H and O–H groups in total. The first-order valence-electron chi connectivity index (χ1n) is 8.69. The van der Waals surface area contributed by atoms with Crippen LogP contribution in [-0.4, -0.2) is 52.2 Å². The lowest BCUT2D eigenvalue weighted by atomic mass is 10.1. The second-order valence-corrected chi connectivity index (χ2v) is 6.59. The summed E-state index contributed by atoms with van der Waals surface area (Å²) >= 11 is 0. The summed E-state index contributed by atoms with van der Waals surface area (Å²) in [6, 6.07) is 1.74. The summed E-state index contributed by atoms with van der Waals surface area (Å²) < 4.78 is 52.0. The number of likely N-dealkylation sites (tertiary alicyclic amines) is 1. The van der Waals surface area contributed by atoms with E-state index >= 15 is 0 Å². The molecule has 0 radical (unpaired) electrons. The number of hydrogen-bond donors (Lipinski definition) is 2. The Bertz CT molecular complexity index is 988. The molecular formula is C18H17F4N5O2. The first-order chi connectivity index (χ1) is 13.7. The van der Waals surface area contributed by atoms with Gasteiger partial charge in [-0.15, -0.1) is 0 Å². The molecule has 1 aromatic carbocycles. The highest BCUT2D eigenvalue weighted by Crippen LogP contribution is 2.27. The van der Waals surface area contributed by atoms with Gasteiger partial charge < -0.3 is 16.0 Å². The lowest BCUT2D eigenvalue weighted by Crippen LogP contribution is -2.59. The van der Waals surface area contributed by atoms with Crippen molar-refractivity contribution in [2.75, 3.05) is 19.6 Å². The number of nitrogens with two attached hydrogens (primary N) is 1. The molecule has 2 aromatic rings. The number of amides is 2. The Morgan fingerprint density at radius 1 is 1.21 bits per heavy atom. The molecular weight excluding hydrogens is 394 g/mol. The summed E-state index contributed by atoms with van der Waals surface area (Å²) in [5.74, 6) is -6.20. The van der Waals surface area contributed by atoms with E-state index in [-0.39, 0.29) is 29.0 Å². The molecule has 1 fully saturated rings. The first kappa shape index (κ1) is 20.5. The highest BCUT2D eigenvalue weighted by molar-refractivity contribution is 5.94. The maximum absolute atomic E-state index is 13.3. The molecule has 1 aliphatic heterocycles. The molecule has 3 rings (SSSR count). The molecule has 154 valence electrons. The predicted molar refractivity (Wildman–Crippen MR) is 94.8 cm³/mol. The topological polar surface area (TPSA) is 101 Å². The fourth-order valence-corrected chi connectivity index (χ4v) is 2.70. The van der Waals surface area contributed by atoms with Crippen LogP contribution in [0.15, 0.2) is 30.1 Å². The number of aromatic nitrogens is 2. The minimum Gasteiger partial charge on any atom is -0.395 e. The Morgan fingerprint density at radius 2 is 1.86 bits per heavy atom. The van der Waals surface area contributed by atoms with Crippen molar-refractivity contribution in [2.45, 2.75) is 18.8 Å². The predicted octanol–water partition coefficient (Wildman–Crippen LogP) is 1.74. The van der Waals surface area contributed by atoms with Crippen LogP contribution in [0.2, 0.25) is 0 Å². The van der Waals surface area contributed by atoms with Gasteiger partial charge in [-0.25, -0.2) is 22.5 Å². The van der Waals surface area contributed by atoms with Crippen molar-refractivity contribution in [1.29, 1.82) is 0 Å². The molecule has 0 spiro atoms. The molecule has 2 amide bonds. The number of carbonyl (C=O) groups excluding carboxylic acids is 2. The lowest BCUT2D eigenvalue weighted by Gasteiger charge is -2.38. The van der Waals surface area contributed by atoms with Crippen LogP contribution < -0.4 is 11.1 Å². The van der Waals surface area contributed by atoms with E-state index in [0.29, 0.717) is 12.8 Å². The minimum atomic E-state index is -2.86. The summed E-state index contributed by atoms with van der Waals surface area (Å²) in [5.41, 5.74) is 5.56. The van der Waals surface area contributed by atoms with Crippen LogP contribution in [0.5, 0.6) is 0 Å². The standard InChI is InChI=1S/C18H17F4N5O2/c19-10-5-13-14(6-11(10)20)26-15(7-25-13)16(28)24-4-2-1-3-12(23)17(29)27-8-18(21,22)9-27/h3,5-7H,1-2,4,8-9,23H2,(H,24,28)/b12-3+. The van der Waals surface area contributed by atoms with E-state index in [2.05, 4.69) is 15.3 Å². The maximum atomic E-state index is 13.3. The zero-order valence-electron chi connectivity index (χ0n) is 15.1. The molecule has 2 heterocycles. The van der Waals surface area contributed by atoms with Gasteiger partial charge in [-0.1, -0.05) is 6.08 Å². The molecule has 1 aromatic heterocycles. The highest BCUT2D eigenvalue weighted by Gasteiger charge is 2.46. The molecule has 0 unspecified atom stereocenters. The largest absolute Gasteiger partial charge is 0.395 e. The van der Waals surface area contributed by atoms with Gasteiger partial charge in [0, 0.05) is 18.7 Å². The van der Waals surface area contributed by atoms with Gasteiger partial charge in [0.15, 0.2) is 11.6 Å². The number of unbranched alkanes of at least 4 members (excludes halogenated alkanes) is 1. The number of nitrogens with zero attached hydrogens (tertiary/aromatic N) is 3. The quantitative estimate of drug-likeness (QED) is 0.428. The molecule has 0 saturated carbocycles. The Kier molecular flexibility index (Phi) is 5.66. The SMILES string of the molecule is N/C(=C/CCCNC(=O)c1cnc2cc(F)c(F)cc2n1)C(=O)N1CC(F)(F)C1. The Hall–Kier alpha value is -3.24. The van der Waals surface area contributed by atoms with Crippen LogP contribution >= 0.6 is 0 Å². The summed E-state index contributed by atoms with van der Waals surface area (Å²) in [7, 11) is 0. The lowest BCUT2D eigenvalue weighted by molar-refractivity contribution is -0.161. The van der Waals surface area contributed by atoms with Crippen molar-refractivity contribution in [3.8, 4) is 0 Å². The van der Waals surface area contributed by atoms with Crippen LogP contribution in [0.3, 0.4) is 0 Å². The number of rotatable bonds is 6. The van der Waals surface area contributed by atoms with Crippen LogP contribution in [0.1, 0.15) is 23.3 Å². The molecule has 1 aliphatic rings. The zero-order valence-corrected chi connectivity index (χ0v) is 15.1. The van der Waals surface area contributed by atoms with Gasteiger partial charge in [0.25, 0.3) is 17.7 Å². The number of halogens is 4. The third-order valence-electron chi connectivity index (χ3n) is 4.23. The summed E-state index contributed by atoms with van der Waals surface area (Å²) in [4.78, 5) is 32.7. The smallest absolute Gasteiger partial charge is 0.282 e. The number of alkyl halides is 2. The number of carbonyl (C=O) groups is 2. The first-order valence-corrected chi connectivity index (χ1v) is 8.69. The third kappa shape index (κ3) is 4.79. The van der Waals surface area contributed by atoms with Crippen molar-refractivity contribution in [1.82, 2.24) is 20.2 Å². The van der Waals surface area contributed by atoms with E-state index in [9.17, 15) is 27.2 Å². The molecule has 0 aliphatic carbocycles. The van der Waals surface area contributed by atoms with Crippen molar-refractivity contribution < 1.29 is 27.2 Å². The molecule has 29 heavy (non-hydrogen) atoms. The van der Waals surface area contributed by atoms with Crippen LogP contribution in [0.4, 0.5) is 17.6 Å². The van der Waals surface area contributed by atoms with E-state index in [4.69, 9.17) is 5.73 Å². The summed E-state index contributed by atoms with van der Waals surface area (Å²) in [6.45, 7) is -1.06. The fourth-order valence-electron chi connectivity index (χ4n) is 2.70. The number of allylic oxidation sites excluding steroid dienone is 1. The van der Waals surface area contributed by atoms with Crippen molar-refractivity contribution in [3.63, 3.8) is 0 Å². The van der Waals surface area contributed by atoms with Gasteiger partial charge in [-0.05, 0) is 12.8 Å². The molecule has 0 bridgehead atoms. The minimum absolute atomic E-state index is 0.0438. The Balaban J connectivity index is 1.47. The molecule has 1 saturated heterocycles. The monoisotopic (exact) mass is 411 g/mol. The zero-order chi connectivity index (χ0) is 21.2. The number of benzene rings is 1. The van der Waals surface area contributed by atoms with E-state index in [1.54, 1.807) is 0 Å². The molecule has 7 nitrogen and oxygen atoms in total. The van der Waals surface area contributed by atoms with Gasteiger partial charge in [0.05, 0.1) is 36.0 Å². The van der Waals surface area contributed by atoms with Gasteiger partial charge in [0.2, 0.25) is 0 Å². The van der Waals surface area contributed by atoms with E-state index in [1.807, 2.05) is 0 Å². The molecule has 11 heteroatoms. The van der Waals surface area contributed by atoms with E-state index in [0.717, 1.165) is 23.2 Å². The van der Waals surface area contributed by atoms with E-state index in [1.165, 1.54) is 6.08 Å². The Morgan fingerprint density at radius 3 is 2.52 bits per heavy atom. The van der Waals surface area contributed by atoms with Crippen LogP contribution in [0, 0.1) is 11.6 Å². The normalized spacial score (nSPS) is 15.9. The van der Waals surface area contributed by atoms with Gasteiger partial charge >= 0.3 is 0 Å². The summed E-state index contributed by atoms with van der Waals surface area (Å²) in [5, 5.41) is 2.57. The maximum Gasteiger partial charge on any atom is 0.282 e. The van der Waals surface area contributed by atoms with E-state index < -0.39 is 42.5 Å². The molecule has 0 atom stereocenters. The van der Waals surface area contributed by atoms with Crippen LogP contribution in [0.25, 0.3) is 11.0 Å². The van der Waals surface area contributed by atoms with Gasteiger partial charge in [0.1, 0.15) is 5.69 Å². The van der Waals surface area contributed by atoms with Crippen molar-refractivity contribution in [3.05, 3.63) is 47.4 Å². The fraction of sp³-hybridized carbons (Fsp3) is 0.333. The summed E-state index contributed by atoms with van der Waals surface area (Å²) in [6.07, 6.45) is 3.33. The van der Waals surface area contributed by atoms with Crippen LogP contribution in [-0.2, 0) is 4.79 Å². The number of nitrogens with one attached hydrogen (secondary N) is 1. The third-order valence-corrected chi connectivity index (χ3v) is 4.23. The van der Waals surface area contributed by atoms with Crippen molar-refractivity contribution in [2.24, 2.45) is 5.73 Å². The van der Waals surface area contributed by atoms with Gasteiger partial charge in [-0.3, -0.25) is 14.6 Å².